The maximum atomic E-state index is 12.1. The normalized spacial score (nSPS) is 11.0. The molecule has 0 radical (unpaired) electrons. The van der Waals surface area contributed by atoms with Crippen molar-refractivity contribution in [1.82, 2.24) is 10.4 Å². The number of ether oxygens (including phenoxy) is 2. The van der Waals surface area contributed by atoms with Gasteiger partial charge >= 0.3 is 0 Å². The highest BCUT2D eigenvalue weighted by Crippen LogP contribution is 2.23. The SMILES string of the molecule is O=C(COc1cccc2cccnc12)N/N=C/c1ccc(OCc2ccc(Cl)cc2Cl)cc1. The second-order valence-corrected chi connectivity index (χ2v) is 7.85. The minimum absolute atomic E-state index is 0.174. The Morgan fingerprint density at radius 1 is 1.00 bits per heavy atom. The molecule has 0 saturated carbocycles. The number of benzene rings is 3. The van der Waals surface area contributed by atoms with Gasteiger partial charge in [-0.3, -0.25) is 9.78 Å². The van der Waals surface area contributed by atoms with E-state index in [1.165, 1.54) is 6.21 Å². The van der Waals surface area contributed by atoms with Crippen molar-refractivity contribution in [3.63, 3.8) is 0 Å². The number of nitrogens with one attached hydrogen (secondary N) is 1. The number of carbonyl (C=O) groups excluding carboxylic acids is 1. The first-order valence-corrected chi connectivity index (χ1v) is 10.8. The molecule has 0 fully saturated rings. The number of pyridine rings is 1. The average molecular weight is 480 g/mol. The molecule has 166 valence electrons. The number of halogens is 2. The Morgan fingerprint density at radius 2 is 1.82 bits per heavy atom. The van der Waals surface area contributed by atoms with Crippen LogP contribution in [0.1, 0.15) is 11.1 Å². The van der Waals surface area contributed by atoms with E-state index in [0.717, 1.165) is 16.5 Å². The van der Waals surface area contributed by atoms with E-state index in [1.807, 2.05) is 54.6 Å². The molecule has 1 N–H and O–H groups in total. The molecule has 0 aliphatic heterocycles. The minimum atomic E-state index is -0.376. The molecule has 0 unspecified atom stereocenters. The van der Waals surface area contributed by atoms with Gasteiger partial charge < -0.3 is 9.47 Å². The highest BCUT2D eigenvalue weighted by atomic mass is 35.5. The zero-order chi connectivity index (χ0) is 23.0. The van der Waals surface area contributed by atoms with Crippen molar-refractivity contribution >= 4 is 46.2 Å². The Bertz CT molecular complexity index is 1290. The van der Waals surface area contributed by atoms with Crippen LogP contribution in [0.15, 0.2) is 84.1 Å². The van der Waals surface area contributed by atoms with Gasteiger partial charge in [0.25, 0.3) is 5.91 Å². The van der Waals surface area contributed by atoms with Gasteiger partial charge in [-0.1, -0.05) is 47.5 Å². The Balaban J connectivity index is 1.25. The third-order valence-corrected chi connectivity index (χ3v) is 5.23. The summed E-state index contributed by atoms with van der Waals surface area (Å²) in [6, 6.07) is 21.9. The van der Waals surface area contributed by atoms with Crippen LogP contribution >= 0.6 is 23.2 Å². The predicted octanol–water partition coefficient (Wildman–Crippen LogP) is 5.65. The van der Waals surface area contributed by atoms with Crippen LogP contribution in [-0.2, 0) is 11.4 Å². The van der Waals surface area contributed by atoms with Crippen molar-refractivity contribution < 1.29 is 14.3 Å². The van der Waals surface area contributed by atoms with Crippen LogP contribution in [0.25, 0.3) is 10.9 Å². The van der Waals surface area contributed by atoms with E-state index in [0.29, 0.717) is 33.7 Å². The molecular formula is C25H19Cl2N3O3. The number of para-hydroxylation sites is 1. The fourth-order valence-corrected chi connectivity index (χ4v) is 3.46. The summed E-state index contributed by atoms with van der Waals surface area (Å²) in [6.07, 6.45) is 3.22. The zero-order valence-electron chi connectivity index (χ0n) is 17.4. The quantitative estimate of drug-likeness (QED) is 0.261. The van der Waals surface area contributed by atoms with Crippen molar-refractivity contribution in [3.8, 4) is 11.5 Å². The van der Waals surface area contributed by atoms with E-state index in [9.17, 15) is 4.79 Å². The molecule has 1 heterocycles. The lowest BCUT2D eigenvalue weighted by molar-refractivity contribution is -0.123. The van der Waals surface area contributed by atoms with Gasteiger partial charge in [-0.15, -0.1) is 0 Å². The van der Waals surface area contributed by atoms with Crippen molar-refractivity contribution in [2.75, 3.05) is 6.61 Å². The van der Waals surface area contributed by atoms with Crippen molar-refractivity contribution in [2.24, 2.45) is 5.10 Å². The monoisotopic (exact) mass is 479 g/mol. The average Bonchev–Trinajstić information content (AvgIpc) is 2.83. The Labute approximate surface area is 200 Å². The number of hydrazone groups is 1. The first-order valence-electron chi connectivity index (χ1n) is 10.0. The first kappa shape index (κ1) is 22.6. The van der Waals surface area contributed by atoms with E-state index >= 15 is 0 Å². The summed E-state index contributed by atoms with van der Waals surface area (Å²) in [4.78, 5) is 16.4. The molecule has 1 aromatic heterocycles. The van der Waals surface area contributed by atoms with Crippen LogP contribution in [0.2, 0.25) is 10.0 Å². The second kappa shape index (κ2) is 10.8. The number of hydrogen-bond acceptors (Lipinski definition) is 5. The molecule has 0 aliphatic rings. The molecule has 6 nitrogen and oxygen atoms in total. The van der Waals surface area contributed by atoms with Gasteiger partial charge in [0.1, 0.15) is 23.6 Å². The topological polar surface area (TPSA) is 72.8 Å². The highest BCUT2D eigenvalue weighted by Gasteiger charge is 2.06. The summed E-state index contributed by atoms with van der Waals surface area (Å²) < 4.78 is 11.3. The van der Waals surface area contributed by atoms with Gasteiger partial charge in [0.15, 0.2) is 6.61 Å². The van der Waals surface area contributed by atoms with Gasteiger partial charge in [-0.2, -0.15) is 5.10 Å². The molecule has 4 aromatic rings. The molecule has 0 aliphatic carbocycles. The van der Waals surface area contributed by atoms with Gasteiger partial charge in [-0.25, -0.2) is 5.43 Å². The van der Waals surface area contributed by atoms with Gasteiger partial charge in [0.05, 0.1) is 6.21 Å². The highest BCUT2D eigenvalue weighted by molar-refractivity contribution is 6.35. The van der Waals surface area contributed by atoms with E-state index in [1.54, 1.807) is 24.4 Å². The summed E-state index contributed by atoms with van der Waals surface area (Å²) in [5, 5.41) is 6.05. The number of aromatic nitrogens is 1. The zero-order valence-corrected chi connectivity index (χ0v) is 18.9. The van der Waals surface area contributed by atoms with Crippen molar-refractivity contribution in [2.45, 2.75) is 6.61 Å². The standard InChI is InChI=1S/C25H19Cl2N3O3/c26-20-9-8-19(22(27)13-20)15-32-21-10-6-17(7-11-21)14-29-30-24(31)16-33-23-5-1-3-18-4-2-12-28-25(18)23/h1-14H,15-16H2,(H,30,31)/b29-14+. The van der Waals surface area contributed by atoms with Crippen LogP contribution < -0.4 is 14.9 Å². The molecule has 0 saturated heterocycles. The van der Waals surface area contributed by atoms with E-state index in [-0.39, 0.29) is 12.5 Å². The number of nitrogens with zero attached hydrogens (tertiary/aromatic N) is 2. The number of hydrogen-bond donors (Lipinski definition) is 1. The molecule has 3 aromatic carbocycles. The van der Waals surface area contributed by atoms with Crippen LogP contribution in [0.5, 0.6) is 11.5 Å². The molecule has 1 amide bonds. The van der Waals surface area contributed by atoms with Crippen molar-refractivity contribution in [1.29, 1.82) is 0 Å². The van der Waals surface area contributed by atoms with Crippen LogP contribution in [-0.4, -0.2) is 23.7 Å². The van der Waals surface area contributed by atoms with Gasteiger partial charge in [0, 0.05) is 27.2 Å². The Morgan fingerprint density at radius 3 is 2.64 bits per heavy atom. The summed E-state index contributed by atoms with van der Waals surface area (Å²) in [5.41, 5.74) is 4.80. The molecule has 8 heteroatoms. The van der Waals surface area contributed by atoms with Crippen LogP contribution in [0, 0.1) is 0 Å². The first-order chi connectivity index (χ1) is 16.1. The van der Waals surface area contributed by atoms with E-state index in [2.05, 4.69) is 15.5 Å². The lowest BCUT2D eigenvalue weighted by atomic mass is 10.2. The molecule has 33 heavy (non-hydrogen) atoms. The predicted molar refractivity (Wildman–Crippen MR) is 130 cm³/mol. The summed E-state index contributed by atoms with van der Waals surface area (Å²) in [6.45, 7) is 0.152. The maximum absolute atomic E-state index is 12.1. The summed E-state index contributed by atoms with van der Waals surface area (Å²) in [5.74, 6) is 0.848. The Kier molecular flexibility index (Phi) is 7.40. The fourth-order valence-electron chi connectivity index (χ4n) is 3.00. The molecule has 0 atom stereocenters. The minimum Gasteiger partial charge on any atom is -0.489 e. The summed E-state index contributed by atoms with van der Waals surface area (Å²) in [7, 11) is 0. The van der Waals surface area contributed by atoms with E-state index in [4.69, 9.17) is 32.7 Å². The number of amides is 1. The molecular weight excluding hydrogens is 461 g/mol. The Hall–Kier alpha value is -3.61. The third kappa shape index (κ3) is 6.22. The number of carbonyl (C=O) groups is 1. The largest absolute Gasteiger partial charge is 0.489 e. The fraction of sp³-hybridized carbons (Fsp3) is 0.0800. The van der Waals surface area contributed by atoms with Crippen molar-refractivity contribution in [3.05, 3.63) is 100 Å². The second-order valence-electron chi connectivity index (χ2n) is 7.01. The number of rotatable bonds is 8. The lowest BCUT2D eigenvalue weighted by Gasteiger charge is -2.08. The number of fused-ring (bicyclic) bond motifs is 1. The van der Waals surface area contributed by atoms with Crippen LogP contribution in [0.4, 0.5) is 0 Å². The third-order valence-electron chi connectivity index (χ3n) is 4.65. The maximum Gasteiger partial charge on any atom is 0.277 e. The lowest BCUT2D eigenvalue weighted by Crippen LogP contribution is -2.24. The van der Waals surface area contributed by atoms with Crippen LogP contribution in [0.3, 0.4) is 0 Å². The van der Waals surface area contributed by atoms with E-state index < -0.39 is 0 Å². The van der Waals surface area contributed by atoms with Gasteiger partial charge in [0.2, 0.25) is 0 Å². The molecule has 4 rings (SSSR count). The smallest absolute Gasteiger partial charge is 0.277 e. The summed E-state index contributed by atoms with van der Waals surface area (Å²) >= 11 is 12.1. The molecule has 0 bridgehead atoms. The van der Waals surface area contributed by atoms with Gasteiger partial charge in [-0.05, 0) is 54.1 Å². The molecule has 0 spiro atoms.